The lowest BCUT2D eigenvalue weighted by atomic mass is 10.1. The van der Waals surface area contributed by atoms with Crippen LogP contribution in [0.3, 0.4) is 0 Å². The van der Waals surface area contributed by atoms with Crippen molar-refractivity contribution in [2.45, 2.75) is 20.4 Å². The number of nitriles is 1. The van der Waals surface area contributed by atoms with Crippen LogP contribution in [0.1, 0.15) is 22.4 Å². The summed E-state index contributed by atoms with van der Waals surface area (Å²) in [6, 6.07) is 9.77. The second kappa shape index (κ2) is 6.13. The molecule has 0 atom stereocenters. The van der Waals surface area contributed by atoms with Crippen LogP contribution in [0.15, 0.2) is 24.3 Å². The zero-order chi connectivity index (χ0) is 14.5. The lowest BCUT2D eigenvalue weighted by molar-refractivity contribution is 0.451. The minimum Gasteiger partial charge on any atom is -0.437 e. The van der Waals surface area contributed by atoms with E-state index in [0.29, 0.717) is 11.3 Å². The number of aryl methyl sites for hydroxylation is 1. The molecule has 0 aliphatic carbocycles. The van der Waals surface area contributed by atoms with E-state index in [9.17, 15) is 5.26 Å². The Balaban J connectivity index is 2.33. The highest BCUT2D eigenvalue weighted by atomic mass is 16.5. The van der Waals surface area contributed by atoms with Crippen molar-refractivity contribution in [3.63, 3.8) is 0 Å². The molecule has 20 heavy (non-hydrogen) atoms. The lowest BCUT2D eigenvalue weighted by Gasteiger charge is -2.09. The van der Waals surface area contributed by atoms with Crippen molar-refractivity contribution in [3.8, 4) is 17.7 Å². The summed E-state index contributed by atoms with van der Waals surface area (Å²) in [4.78, 5) is 0. The molecule has 0 saturated carbocycles. The average Bonchev–Trinajstić information content (AvgIpc) is 2.44. The fraction of sp³-hybridized carbons (Fsp3) is 0.267. The Hall–Kier alpha value is -2.45. The van der Waals surface area contributed by atoms with Gasteiger partial charge in [0.1, 0.15) is 17.4 Å². The Morgan fingerprint density at radius 1 is 1.30 bits per heavy atom. The first kappa shape index (κ1) is 14.0. The highest BCUT2D eigenvalue weighted by Crippen LogP contribution is 2.25. The third-order valence-electron chi connectivity index (χ3n) is 3.03. The van der Waals surface area contributed by atoms with E-state index in [4.69, 9.17) is 4.74 Å². The molecule has 0 radical (unpaired) electrons. The summed E-state index contributed by atoms with van der Waals surface area (Å²) in [5.41, 5.74) is 3.05. The van der Waals surface area contributed by atoms with Crippen LogP contribution < -0.4 is 10.1 Å². The van der Waals surface area contributed by atoms with Gasteiger partial charge in [0.25, 0.3) is 5.88 Å². The maximum Gasteiger partial charge on any atom is 0.257 e. The molecular formula is C15H16N4O. The number of hydrogen-bond acceptors (Lipinski definition) is 5. The number of nitrogens with zero attached hydrogens (tertiary/aromatic N) is 3. The number of ether oxygens (including phenoxy) is 1. The maximum atomic E-state index is 9.23. The molecule has 1 aromatic carbocycles. The second-order valence-electron chi connectivity index (χ2n) is 4.48. The monoisotopic (exact) mass is 268 g/mol. The topological polar surface area (TPSA) is 70.8 Å². The molecule has 1 N–H and O–H groups in total. The minimum absolute atomic E-state index is 0.247. The Bertz CT molecular complexity index is 661. The summed E-state index contributed by atoms with van der Waals surface area (Å²) in [6.45, 7) is 4.41. The Labute approximate surface area is 118 Å². The Morgan fingerprint density at radius 2 is 2.10 bits per heavy atom. The van der Waals surface area contributed by atoms with Gasteiger partial charge < -0.3 is 10.1 Å². The number of aromatic nitrogens is 2. The first-order chi connectivity index (χ1) is 9.65. The zero-order valence-corrected chi connectivity index (χ0v) is 11.8. The molecule has 2 aromatic rings. The van der Waals surface area contributed by atoms with Crippen LogP contribution in [0.25, 0.3) is 0 Å². The summed E-state index contributed by atoms with van der Waals surface area (Å²) >= 11 is 0. The fourth-order valence-corrected chi connectivity index (χ4v) is 1.82. The van der Waals surface area contributed by atoms with E-state index in [1.807, 2.05) is 45.2 Å². The van der Waals surface area contributed by atoms with E-state index in [2.05, 4.69) is 21.6 Å². The van der Waals surface area contributed by atoms with Crippen LogP contribution in [0.4, 0.5) is 0 Å². The van der Waals surface area contributed by atoms with Crippen LogP contribution in [0.5, 0.6) is 11.6 Å². The lowest BCUT2D eigenvalue weighted by Crippen LogP contribution is -2.05. The first-order valence-corrected chi connectivity index (χ1v) is 6.31. The van der Waals surface area contributed by atoms with Gasteiger partial charge in [-0.1, -0.05) is 12.1 Å². The van der Waals surface area contributed by atoms with Crippen molar-refractivity contribution in [1.82, 2.24) is 15.5 Å². The van der Waals surface area contributed by atoms with Gasteiger partial charge in [-0.15, -0.1) is 5.10 Å². The van der Waals surface area contributed by atoms with E-state index in [-0.39, 0.29) is 5.88 Å². The summed E-state index contributed by atoms with van der Waals surface area (Å²) in [6.07, 6.45) is 0. The average molecular weight is 268 g/mol. The zero-order valence-electron chi connectivity index (χ0n) is 11.8. The quantitative estimate of drug-likeness (QED) is 0.922. The van der Waals surface area contributed by atoms with Crippen molar-refractivity contribution >= 4 is 0 Å². The molecular weight excluding hydrogens is 252 g/mol. The van der Waals surface area contributed by atoms with Crippen molar-refractivity contribution in [2.24, 2.45) is 0 Å². The van der Waals surface area contributed by atoms with Crippen LogP contribution in [0.2, 0.25) is 0 Å². The molecule has 0 aliphatic heterocycles. The summed E-state index contributed by atoms with van der Waals surface area (Å²) < 4.78 is 5.70. The minimum atomic E-state index is 0.247. The van der Waals surface area contributed by atoms with Gasteiger partial charge in [-0.3, -0.25) is 0 Å². The molecule has 1 heterocycles. The third kappa shape index (κ3) is 2.92. The summed E-state index contributed by atoms with van der Waals surface area (Å²) in [5, 5.41) is 20.3. The Morgan fingerprint density at radius 3 is 2.80 bits per heavy atom. The number of benzene rings is 1. The van der Waals surface area contributed by atoms with Gasteiger partial charge in [0.15, 0.2) is 0 Å². The first-order valence-electron chi connectivity index (χ1n) is 6.31. The number of hydrogen-bond donors (Lipinski definition) is 1. The predicted molar refractivity (Wildman–Crippen MR) is 75.5 cm³/mol. The molecule has 2 rings (SSSR count). The van der Waals surface area contributed by atoms with Crippen LogP contribution in [-0.4, -0.2) is 17.2 Å². The van der Waals surface area contributed by atoms with Crippen molar-refractivity contribution in [3.05, 3.63) is 46.6 Å². The number of rotatable bonds is 4. The predicted octanol–water partition coefficient (Wildman–Crippen LogP) is 2.48. The largest absolute Gasteiger partial charge is 0.437 e. The van der Waals surface area contributed by atoms with Crippen LogP contribution in [0, 0.1) is 25.2 Å². The van der Waals surface area contributed by atoms with E-state index in [1.54, 1.807) is 0 Å². The normalized spacial score (nSPS) is 10.1. The van der Waals surface area contributed by atoms with Crippen molar-refractivity contribution in [2.75, 3.05) is 7.05 Å². The molecule has 102 valence electrons. The third-order valence-corrected chi connectivity index (χ3v) is 3.03. The smallest absolute Gasteiger partial charge is 0.257 e. The summed E-state index contributed by atoms with van der Waals surface area (Å²) in [7, 11) is 1.89. The van der Waals surface area contributed by atoms with Crippen molar-refractivity contribution < 1.29 is 4.74 Å². The molecule has 0 bridgehead atoms. The molecule has 0 aliphatic rings. The highest BCUT2D eigenvalue weighted by Gasteiger charge is 2.12. The SMILES string of the molecule is CNCc1cccc(Oc2nnc(C)c(C)c2C#N)c1. The molecule has 0 unspecified atom stereocenters. The standard InChI is InChI=1S/C15H16N4O/c1-10-11(2)18-19-15(14(10)8-16)20-13-6-4-5-12(7-13)9-17-3/h4-7,17H,9H2,1-3H3. The molecule has 0 saturated heterocycles. The molecule has 1 aromatic heterocycles. The van der Waals surface area contributed by atoms with Crippen molar-refractivity contribution in [1.29, 1.82) is 5.26 Å². The van der Waals surface area contributed by atoms with Gasteiger partial charge in [0.05, 0.1) is 5.69 Å². The van der Waals surface area contributed by atoms with Gasteiger partial charge in [0.2, 0.25) is 0 Å². The van der Waals surface area contributed by atoms with Gasteiger partial charge in [-0.05, 0) is 44.2 Å². The van der Waals surface area contributed by atoms with Gasteiger partial charge in [-0.25, -0.2) is 0 Å². The highest BCUT2D eigenvalue weighted by molar-refractivity contribution is 5.46. The fourth-order valence-electron chi connectivity index (χ4n) is 1.82. The van der Waals surface area contributed by atoms with Gasteiger partial charge in [-0.2, -0.15) is 10.4 Å². The molecule has 0 amide bonds. The summed E-state index contributed by atoms with van der Waals surface area (Å²) in [5.74, 6) is 0.893. The van der Waals surface area contributed by atoms with E-state index >= 15 is 0 Å². The molecule has 5 heteroatoms. The van der Waals surface area contributed by atoms with E-state index < -0.39 is 0 Å². The molecule has 5 nitrogen and oxygen atoms in total. The van der Waals surface area contributed by atoms with Gasteiger partial charge in [0, 0.05) is 6.54 Å². The molecule has 0 fully saturated rings. The second-order valence-corrected chi connectivity index (χ2v) is 4.48. The molecule has 0 spiro atoms. The Kier molecular flexibility index (Phi) is 4.28. The van der Waals surface area contributed by atoms with Crippen LogP contribution in [-0.2, 0) is 6.54 Å². The van der Waals surface area contributed by atoms with Crippen LogP contribution >= 0.6 is 0 Å². The number of nitrogens with one attached hydrogen (secondary N) is 1. The van der Waals surface area contributed by atoms with E-state index in [0.717, 1.165) is 23.4 Å². The maximum absolute atomic E-state index is 9.23. The van der Waals surface area contributed by atoms with Gasteiger partial charge >= 0.3 is 0 Å². The van der Waals surface area contributed by atoms with E-state index in [1.165, 1.54) is 0 Å².